The van der Waals surface area contributed by atoms with Gasteiger partial charge in [0.15, 0.2) is 0 Å². The number of terminal acetylenes is 1. The SMILES string of the molecule is C#CC(=O)CCCOCCOCCC(=O)ON1C(=O)CCC1=O. The van der Waals surface area contributed by atoms with Crippen LogP contribution >= 0.6 is 0 Å². The smallest absolute Gasteiger partial charge is 0.335 e. The van der Waals surface area contributed by atoms with Crippen LogP contribution in [0.1, 0.15) is 32.1 Å². The molecule has 1 aliphatic rings. The molecule has 1 fully saturated rings. The van der Waals surface area contributed by atoms with Crippen molar-refractivity contribution in [1.29, 1.82) is 0 Å². The molecule has 0 saturated carbocycles. The third kappa shape index (κ3) is 7.54. The van der Waals surface area contributed by atoms with Crippen LogP contribution in [0, 0.1) is 12.3 Å². The largest absolute Gasteiger partial charge is 0.379 e. The molecular formula is C15H19NO7. The van der Waals surface area contributed by atoms with Crippen LogP contribution < -0.4 is 0 Å². The molecule has 0 spiro atoms. The summed E-state index contributed by atoms with van der Waals surface area (Å²) in [5.41, 5.74) is 0. The van der Waals surface area contributed by atoms with Crippen molar-refractivity contribution in [3.63, 3.8) is 0 Å². The Morgan fingerprint density at radius 3 is 2.22 bits per heavy atom. The van der Waals surface area contributed by atoms with Crippen LogP contribution in [-0.2, 0) is 33.5 Å². The molecule has 8 nitrogen and oxygen atoms in total. The summed E-state index contributed by atoms with van der Waals surface area (Å²) < 4.78 is 10.4. The van der Waals surface area contributed by atoms with Gasteiger partial charge >= 0.3 is 5.97 Å². The molecule has 1 heterocycles. The van der Waals surface area contributed by atoms with Gasteiger partial charge in [-0.05, 0) is 12.3 Å². The number of Topliss-reactive ketones (excluding diaryl/α,β-unsaturated/α-hetero) is 1. The maximum atomic E-state index is 11.4. The molecule has 0 atom stereocenters. The Bertz CT molecular complexity index is 479. The molecular weight excluding hydrogens is 306 g/mol. The molecule has 1 saturated heterocycles. The number of hydrogen-bond donors (Lipinski definition) is 0. The fourth-order valence-corrected chi connectivity index (χ4v) is 1.69. The first-order valence-electron chi connectivity index (χ1n) is 7.26. The van der Waals surface area contributed by atoms with Gasteiger partial charge in [0.25, 0.3) is 11.8 Å². The van der Waals surface area contributed by atoms with E-state index in [1.165, 1.54) is 0 Å². The van der Waals surface area contributed by atoms with E-state index in [0.29, 0.717) is 24.7 Å². The van der Waals surface area contributed by atoms with E-state index in [-0.39, 0.29) is 44.7 Å². The molecule has 0 bridgehead atoms. The van der Waals surface area contributed by atoms with Crippen LogP contribution in [0.25, 0.3) is 0 Å². The zero-order valence-corrected chi connectivity index (χ0v) is 12.7. The second-order valence-electron chi connectivity index (χ2n) is 4.69. The maximum Gasteiger partial charge on any atom is 0.335 e. The zero-order valence-electron chi connectivity index (χ0n) is 12.7. The Morgan fingerprint density at radius 1 is 1.00 bits per heavy atom. The van der Waals surface area contributed by atoms with E-state index in [4.69, 9.17) is 15.9 Å². The maximum absolute atomic E-state index is 11.4. The van der Waals surface area contributed by atoms with Crippen molar-refractivity contribution in [3.8, 4) is 12.3 Å². The fourth-order valence-electron chi connectivity index (χ4n) is 1.69. The van der Waals surface area contributed by atoms with Crippen LogP contribution in [-0.4, -0.2) is 55.1 Å². The van der Waals surface area contributed by atoms with E-state index >= 15 is 0 Å². The first-order chi connectivity index (χ1) is 11.0. The number of rotatable bonds is 11. The lowest BCUT2D eigenvalue weighted by molar-refractivity contribution is -0.198. The van der Waals surface area contributed by atoms with Crippen LogP contribution in [0.15, 0.2) is 0 Å². The number of hydroxylamine groups is 2. The van der Waals surface area contributed by atoms with Crippen molar-refractivity contribution < 1.29 is 33.5 Å². The van der Waals surface area contributed by atoms with E-state index in [2.05, 4.69) is 4.84 Å². The molecule has 0 aromatic carbocycles. The van der Waals surface area contributed by atoms with Gasteiger partial charge < -0.3 is 14.3 Å². The summed E-state index contributed by atoms with van der Waals surface area (Å²) >= 11 is 0. The molecule has 8 heteroatoms. The minimum atomic E-state index is -0.706. The number of imide groups is 1. The molecule has 126 valence electrons. The van der Waals surface area contributed by atoms with E-state index in [0.717, 1.165) is 0 Å². The highest BCUT2D eigenvalue weighted by Gasteiger charge is 2.32. The summed E-state index contributed by atoms with van der Waals surface area (Å²) in [6.45, 7) is 1.09. The third-order valence-electron chi connectivity index (χ3n) is 2.87. The van der Waals surface area contributed by atoms with Crippen LogP contribution in [0.2, 0.25) is 0 Å². The number of hydrogen-bond acceptors (Lipinski definition) is 7. The van der Waals surface area contributed by atoms with Crippen molar-refractivity contribution in [2.45, 2.75) is 32.1 Å². The molecule has 0 unspecified atom stereocenters. The molecule has 2 amide bonds. The molecule has 0 aromatic rings. The molecule has 0 aliphatic carbocycles. The second-order valence-corrected chi connectivity index (χ2v) is 4.69. The Balaban J connectivity index is 1.95. The van der Waals surface area contributed by atoms with Crippen molar-refractivity contribution in [2.24, 2.45) is 0 Å². The number of nitrogens with zero attached hydrogens (tertiary/aromatic N) is 1. The van der Waals surface area contributed by atoms with Gasteiger partial charge in [-0.25, -0.2) is 4.79 Å². The Hall–Kier alpha value is -2.24. The van der Waals surface area contributed by atoms with Gasteiger partial charge in [0.05, 0.1) is 26.2 Å². The molecule has 1 rings (SSSR count). The van der Waals surface area contributed by atoms with Gasteiger partial charge in [-0.3, -0.25) is 14.4 Å². The zero-order chi connectivity index (χ0) is 17.1. The quantitative estimate of drug-likeness (QED) is 0.228. The Morgan fingerprint density at radius 2 is 1.61 bits per heavy atom. The first-order valence-corrected chi connectivity index (χ1v) is 7.26. The number of carbonyl (C=O) groups excluding carboxylic acids is 4. The molecule has 23 heavy (non-hydrogen) atoms. The average molecular weight is 325 g/mol. The van der Waals surface area contributed by atoms with Crippen molar-refractivity contribution in [2.75, 3.05) is 26.4 Å². The van der Waals surface area contributed by atoms with Crippen LogP contribution in [0.4, 0.5) is 0 Å². The second kappa shape index (κ2) is 10.5. The van der Waals surface area contributed by atoms with Crippen LogP contribution in [0.5, 0.6) is 0 Å². The standard InChI is InChI=1S/C15H19NO7/c1-2-12(17)4-3-8-21-10-11-22-9-7-15(20)23-16-13(18)5-6-14(16)19/h1H,3-11H2. The minimum Gasteiger partial charge on any atom is -0.379 e. The molecule has 0 aromatic heterocycles. The van der Waals surface area contributed by atoms with Gasteiger partial charge in [0.2, 0.25) is 5.78 Å². The highest BCUT2D eigenvalue weighted by Crippen LogP contribution is 2.12. The summed E-state index contributed by atoms with van der Waals surface area (Å²) in [6.07, 6.45) is 5.81. The number of amides is 2. The number of ether oxygens (including phenoxy) is 2. The predicted octanol–water partition coefficient (Wildman–Crippen LogP) is -0.000600. The van der Waals surface area contributed by atoms with E-state index in [1.54, 1.807) is 0 Å². The Kier molecular flexibility index (Phi) is 8.57. The topological polar surface area (TPSA) is 99.2 Å². The lowest BCUT2D eigenvalue weighted by Gasteiger charge is -2.12. The lowest BCUT2D eigenvalue weighted by Crippen LogP contribution is -2.32. The average Bonchev–Trinajstić information content (AvgIpc) is 2.84. The molecule has 0 N–H and O–H groups in total. The summed E-state index contributed by atoms with van der Waals surface area (Å²) in [7, 11) is 0. The fraction of sp³-hybridized carbons (Fsp3) is 0.600. The summed E-state index contributed by atoms with van der Waals surface area (Å²) in [4.78, 5) is 49.4. The third-order valence-corrected chi connectivity index (χ3v) is 2.87. The highest BCUT2D eigenvalue weighted by molar-refractivity contribution is 6.01. The normalized spacial score (nSPS) is 14.0. The summed E-state index contributed by atoms with van der Waals surface area (Å²) in [5, 5.41) is 0.503. The van der Waals surface area contributed by atoms with E-state index in [1.807, 2.05) is 5.92 Å². The first kappa shape index (κ1) is 18.8. The number of ketones is 1. The van der Waals surface area contributed by atoms with Crippen molar-refractivity contribution >= 4 is 23.6 Å². The lowest BCUT2D eigenvalue weighted by atomic mass is 10.2. The van der Waals surface area contributed by atoms with Crippen LogP contribution in [0.3, 0.4) is 0 Å². The minimum absolute atomic E-state index is 0.0624. The van der Waals surface area contributed by atoms with E-state index < -0.39 is 17.8 Å². The van der Waals surface area contributed by atoms with Gasteiger partial charge in [-0.1, -0.05) is 0 Å². The monoisotopic (exact) mass is 325 g/mol. The molecule has 0 radical (unpaired) electrons. The van der Waals surface area contributed by atoms with Crippen molar-refractivity contribution in [3.05, 3.63) is 0 Å². The van der Waals surface area contributed by atoms with E-state index in [9.17, 15) is 19.2 Å². The van der Waals surface area contributed by atoms with Gasteiger partial charge in [-0.15, -0.1) is 11.5 Å². The summed E-state index contributed by atoms with van der Waals surface area (Å²) in [6, 6.07) is 0. The summed E-state index contributed by atoms with van der Waals surface area (Å²) in [5.74, 6) is 0.0333. The van der Waals surface area contributed by atoms with Gasteiger partial charge in [0, 0.05) is 25.9 Å². The van der Waals surface area contributed by atoms with Crippen molar-refractivity contribution in [1.82, 2.24) is 5.06 Å². The Labute approximate surface area is 134 Å². The van der Waals surface area contributed by atoms with Gasteiger partial charge in [0.1, 0.15) is 0 Å². The highest BCUT2D eigenvalue weighted by atomic mass is 16.7. The number of carbonyl (C=O) groups is 4. The predicted molar refractivity (Wildman–Crippen MR) is 76.5 cm³/mol. The molecule has 1 aliphatic heterocycles. The van der Waals surface area contributed by atoms with Gasteiger partial charge in [-0.2, -0.15) is 0 Å².